The maximum absolute atomic E-state index is 12.2. The van der Waals surface area contributed by atoms with Crippen molar-refractivity contribution in [3.8, 4) is 11.8 Å². The zero-order valence-corrected chi connectivity index (χ0v) is 42.1. The minimum absolute atomic E-state index is 0.877. The van der Waals surface area contributed by atoms with E-state index in [-0.39, 0.29) is 0 Å². The van der Waals surface area contributed by atoms with Crippen LogP contribution in [0.5, 0.6) is 0 Å². The lowest BCUT2D eigenvalue weighted by atomic mass is 9.94. The number of hydrogen-bond acceptors (Lipinski definition) is 0. The fourth-order valence-electron chi connectivity index (χ4n) is 9.67. The van der Waals surface area contributed by atoms with Gasteiger partial charge in [0.25, 0.3) is 0 Å². The summed E-state index contributed by atoms with van der Waals surface area (Å²) in [6.45, 7) is 9.13. The predicted molar refractivity (Wildman–Crippen MR) is 279 cm³/mol. The minimum atomic E-state index is 0.877. The molecule has 0 saturated carbocycles. The Morgan fingerprint density at radius 1 is 0.381 bits per heavy atom. The molecule has 0 fully saturated rings. The Morgan fingerprint density at radius 2 is 0.730 bits per heavy atom. The summed E-state index contributed by atoms with van der Waals surface area (Å²) in [5.74, 6) is 7.33. The maximum atomic E-state index is 12.2. The number of rotatable bonds is 40. The molecule has 0 bridgehead atoms. The second-order valence-electron chi connectivity index (χ2n) is 19.5. The highest BCUT2D eigenvalue weighted by Gasteiger charge is 2.35. The Morgan fingerprint density at radius 3 is 1.13 bits per heavy atom. The van der Waals surface area contributed by atoms with Gasteiger partial charge >= 0.3 is 0 Å². The number of nitrogens with zero attached hydrogens (tertiary/aromatic N) is 2. The molecule has 2 nitrogen and oxygen atoms in total. The highest BCUT2D eigenvalue weighted by molar-refractivity contribution is 5.85. The molecule has 2 aromatic carbocycles. The molecule has 352 valence electrons. The van der Waals surface area contributed by atoms with Crippen molar-refractivity contribution in [2.24, 2.45) is 0 Å². The molecular weight excluding hydrogens is 761 g/mol. The lowest BCUT2D eigenvalue weighted by molar-refractivity contribution is -0.345. The molecule has 0 radical (unpaired) electrons. The van der Waals surface area contributed by atoms with Crippen molar-refractivity contribution in [2.75, 3.05) is 0 Å². The standard InChI is InChI=1S/C61H98N2/c1-5-9-13-16-17-18-19-20-21-22-23-24-25-26-27-28-29-30-31-32-33-34-35-36-37-38-41-51-59-58(50-12-8-4)60(56-48-42-46-54(52-56)44-39-14-10-6-2)63(62)61(59)57-49-43-47-55(53-57)45-40-15-11-7-3/h42-43,46-49,52-53H,5-40,44-45,50H2,1-4H3. The van der Waals surface area contributed by atoms with Gasteiger partial charge in [0.2, 0.25) is 11.4 Å². The number of hydrogen-bond donors (Lipinski definition) is 0. The van der Waals surface area contributed by atoms with Gasteiger partial charge in [0, 0.05) is 23.1 Å². The van der Waals surface area contributed by atoms with Crippen LogP contribution in [0.15, 0.2) is 59.7 Å². The highest BCUT2D eigenvalue weighted by Crippen LogP contribution is 2.42. The summed E-state index contributed by atoms with van der Waals surface area (Å²) in [6.07, 6.45) is 51.8. The Kier molecular flexibility index (Phi) is 32.2. The molecule has 2 aromatic rings. The van der Waals surface area contributed by atoms with Gasteiger partial charge in [-0.25, -0.2) is 4.70 Å². The van der Waals surface area contributed by atoms with E-state index in [1.807, 2.05) is 0 Å². The lowest BCUT2D eigenvalue weighted by Gasteiger charge is -2.11. The number of aryl methyl sites for hydroxylation is 2. The zero-order valence-electron chi connectivity index (χ0n) is 42.1. The number of unbranched alkanes of at least 4 members (excludes halogenated alkanes) is 32. The number of benzene rings is 2. The maximum Gasteiger partial charge on any atom is 0.223 e. The molecule has 0 saturated heterocycles. The van der Waals surface area contributed by atoms with Gasteiger partial charge in [-0.15, -0.1) is 0 Å². The summed E-state index contributed by atoms with van der Waals surface area (Å²) in [6, 6.07) is 17.9. The van der Waals surface area contributed by atoms with Crippen LogP contribution in [0.3, 0.4) is 0 Å². The van der Waals surface area contributed by atoms with Crippen molar-refractivity contribution in [1.82, 2.24) is 0 Å². The third-order valence-corrected chi connectivity index (χ3v) is 13.7. The highest BCUT2D eigenvalue weighted by atomic mass is 15.2. The van der Waals surface area contributed by atoms with Gasteiger partial charge in [0.05, 0.1) is 0 Å². The van der Waals surface area contributed by atoms with Crippen molar-refractivity contribution < 1.29 is 4.70 Å². The largest absolute Gasteiger partial charge is 0.493 e. The first-order chi connectivity index (χ1) is 31.1. The monoisotopic (exact) mass is 859 g/mol. The first kappa shape index (κ1) is 54.4. The smallest absolute Gasteiger partial charge is 0.223 e. The van der Waals surface area contributed by atoms with Gasteiger partial charge in [0.1, 0.15) is 5.57 Å². The van der Waals surface area contributed by atoms with Crippen LogP contribution in [0.1, 0.15) is 288 Å². The zero-order chi connectivity index (χ0) is 44.8. The van der Waals surface area contributed by atoms with Crippen LogP contribution in [0, 0.1) is 11.8 Å². The summed E-state index contributed by atoms with van der Waals surface area (Å²) in [5, 5.41) is 0. The number of allylic oxidation sites excluding steroid dienone is 2. The van der Waals surface area contributed by atoms with E-state index in [2.05, 4.69) is 88.1 Å². The molecule has 2 heteroatoms. The molecule has 0 aliphatic carbocycles. The van der Waals surface area contributed by atoms with Crippen LogP contribution in [0.25, 0.3) is 16.9 Å². The summed E-state index contributed by atoms with van der Waals surface area (Å²) >= 11 is 0. The van der Waals surface area contributed by atoms with Gasteiger partial charge in [-0.05, 0) is 80.3 Å². The molecule has 1 aliphatic heterocycles. The Bertz CT molecular complexity index is 1600. The Balaban J connectivity index is 1.42. The SMILES string of the molecule is CCCCCCCCCCCCCCCCCCCCCCCCCCCC#CC1=C(c2cccc(CCCCCC)c2)[N+](=[N-])C(c2cccc(CCCCCC)c2)=C1CCCC. The summed E-state index contributed by atoms with van der Waals surface area (Å²) < 4.78 is 1.52. The van der Waals surface area contributed by atoms with Crippen LogP contribution in [0.2, 0.25) is 0 Å². The molecule has 3 rings (SSSR count). The Labute approximate surface area is 391 Å². The van der Waals surface area contributed by atoms with E-state index in [0.717, 1.165) is 73.0 Å². The van der Waals surface area contributed by atoms with E-state index < -0.39 is 0 Å². The van der Waals surface area contributed by atoms with E-state index >= 15 is 0 Å². The molecule has 0 atom stereocenters. The second kappa shape index (κ2) is 37.3. The quantitative estimate of drug-likeness (QED) is 0.0362. The third kappa shape index (κ3) is 23.7. The van der Waals surface area contributed by atoms with E-state index in [9.17, 15) is 5.53 Å². The van der Waals surface area contributed by atoms with E-state index in [0.29, 0.717) is 0 Å². The predicted octanol–water partition coefficient (Wildman–Crippen LogP) is 20.5. The van der Waals surface area contributed by atoms with Crippen LogP contribution in [0.4, 0.5) is 0 Å². The molecule has 63 heavy (non-hydrogen) atoms. The van der Waals surface area contributed by atoms with Crippen molar-refractivity contribution in [3.63, 3.8) is 0 Å². The molecule has 0 aromatic heterocycles. The molecule has 1 heterocycles. The topological polar surface area (TPSA) is 25.3 Å². The molecule has 0 amide bonds. The molecule has 0 unspecified atom stereocenters. The molecule has 0 spiro atoms. The average molecular weight is 859 g/mol. The van der Waals surface area contributed by atoms with Crippen LogP contribution in [-0.4, -0.2) is 4.70 Å². The van der Waals surface area contributed by atoms with Crippen molar-refractivity contribution in [3.05, 3.63) is 87.5 Å². The Hall–Kier alpha value is -2.92. The van der Waals surface area contributed by atoms with Gasteiger partial charge < -0.3 is 5.53 Å². The van der Waals surface area contributed by atoms with Gasteiger partial charge in [-0.3, -0.25) is 0 Å². The van der Waals surface area contributed by atoms with Gasteiger partial charge in [-0.1, -0.05) is 263 Å². The van der Waals surface area contributed by atoms with E-state index in [1.165, 1.54) is 227 Å². The van der Waals surface area contributed by atoms with E-state index in [4.69, 9.17) is 0 Å². The fourth-order valence-corrected chi connectivity index (χ4v) is 9.67. The van der Waals surface area contributed by atoms with Crippen LogP contribution < -0.4 is 0 Å². The minimum Gasteiger partial charge on any atom is -0.493 e. The third-order valence-electron chi connectivity index (χ3n) is 13.7. The average Bonchev–Trinajstić information content (AvgIpc) is 3.58. The van der Waals surface area contributed by atoms with Crippen LogP contribution >= 0.6 is 0 Å². The second-order valence-corrected chi connectivity index (χ2v) is 19.5. The van der Waals surface area contributed by atoms with Crippen molar-refractivity contribution in [1.29, 1.82) is 0 Å². The molecule has 1 aliphatic rings. The molecular formula is C61H98N2. The molecule has 0 N–H and O–H groups in total. The first-order valence-electron chi connectivity index (χ1n) is 27.8. The lowest BCUT2D eigenvalue weighted by Crippen LogP contribution is -2.03. The van der Waals surface area contributed by atoms with Crippen molar-refractivity contribution >= 4 is 11.4 Å². The van der Waals surface area contributed by atoms with Gasteiger partial charge in [-0.2, -0.15) is 0 Å². The van der Waals surface area contributed by atoms with E-state index in [1.54, 1.807) is 0 Å². The fraction of sp³-hybridized carbons (Fsp3) is 0.705. The first-order valence-corrected chi connectivity index (χ1v) is 27.8. The van der Waals surface area contributed by atoms with Crippen molar-refractivity contribution in [2.45, 2.75) is 278 Å². The van der Waals surface area contributed by atoms with Crippen LogP contribution in [-0.2, 0) is 12.8 Å². The van der Waals surface area contributed by atoms with Gasteiger partial charge in [0.15, 0.2) is 0 Å². The summed E-state index contributed by atoms with van der Waals surface area (Å²) in [5.41, 5.74) is 21.2. The normalized spacial score (nSPS) is 12.8. The summed E-state index contributed by atoms with van der Waals surface area (Å²) in [4.78, 5) is 0. The summed E-state index contributed by atoms with van der Waals surface area (Å²) in [7, 11) is 0.